The first-order valence-corrected chi connectivity index (χ1v) is 6.92. The van der Waals surface area contributed by atoms with Crippen molar-refractivity contribution < 1.29 is 4.79 Å². The van der Waals surface area contributed by atoms with Crippen molar-refractivity contribution in [2.24, 2.45) is 0 Å². The maximum atomic E-state index is 12.4. The van der Waals surface area contributed by atoms with Crippen molar-refractivity contribution in [2.45, 2.75) is 6.54 Å². The SMILES string of the molecule is Nc1ccccc1N1CCN(Cc2cncs2)C1=O. The summed E-state index contributed by atoms with van der Waals surface area (Å²) in [6.45, 7) is 2.00. The topological polar surface area (TPSA) is 62.5 Å². The predicted molar refractivity (Wildman–Crippen MR) is 76.1 cm³/mol. The zero-order chi connectivity index (χ0) is 13.2. The van der Waals surface area contributed by atoms with Crippen molar-refractivity contribution in [3.63, 3.8) is 0 Å². The van der Waals surface area contributed by atoms with E-state index in [0.29, 0.717) is 25.3 Å². The summed E-state index contributed by atoms with van der Waals surface area (Å²) in [6, 6.07) is 7.46. The van der Waals surface area contributed by atoms with Gasteiger partial charge in [-0.1, -0.05) is 12.1 Å². The van der Waals surface area contributed by atoms with Crippen molar-refractivity contribution in [1.29, 1.82) is 0 Å². The molecule has 19 heavy (non-hydrogen) atoms. The van der Waals surface area contributed by atoms with Gasteiger partial charge in [0.05, 0.1) is 23.4 Å². The molecule has 2 aromatic rings. The largest absolute Gasteiger partial charge is 0.397 e. The lowest BCUT2D eigenvalue weighted by Gasteiger charge is -2.19. The Kier molecular flexibility index (Phi) is 3.08. The van der Waals surface area contributed by atoms with Gasteiger partial charge >= 0.3 is 6.03 Å². The molecule has 6 heteroatoms. The van der Waals surface area contributed by atoms with Crippen LogP contribution in [0.3, 0.4) is 0 Å². The Morgan fingerprint density at radius 1 is 1.32 bits per heavy atom. The van der Waals surface area contributed by atoms with Crippen LogP contribution in [0.2, 0.25) is 0 Å². The number of nitrogen functional groups attached to an aromatic ring is 1. The number of amides is 2. The normalized spacial score (nSPS) is 15.3. The number of thiazole rings is 1. The number of carbonyl (C=O) groups is 1. The van der Waals surface area contributed by atoms with Gasteiger partial charge in [-0.2, -0.15) is 0 Å². The Bertz CT molecular complexity index is 584. The summed E-state index contributed by atoms with van der Waals surface area (Å²) < 4.78 is 0. The van der Waals surface area contributed by atoms with Gasteiger partial charge in [0.1, 0.15) is 0 Å². The van der Waals surface area contributed by atoms with Crippen LogP contribution in [-0.4, -0.2) is 29.0 Å². The lowest BCUT2D eigenvalue weighted by Crippen LogP contribution is -2.31. The second kappa shape index (κ2) is 4.89. The van der Waals surface area contributed by atoms with E-state index >= 15 is 0 Å². The molecule has 98 valence electrons. The second-order valence-corrected chi connectivity index (χ2v) is 5.35. The first kappa shape index (κ1) is 12.0. The summed E-state index contributed by atoms with van der Waals surface area (Å²) in [5.41, 5.74) is 9.13. The molecule has 0 bridgehead atoms. The third-order valence-corrected chi connectivity index (χ3v) is 3.92. The molecule has 0 unspecified atom stereocenters. The fourth-order valence-electron chi connectivity index (χ4n) is 2.19. The molecule has 0 atom stereocenters. The standard InChI is InChI=1S/C13H14N4OS/c14-11-3-1-2-4-12(11)17-6-5-16(13(17)18)8-10-7-15-9-19-10/h1-4,7,9H,5-6,8,14H2. The van der Waals surface area contributed by atoms with E-state index in [9.17, 15) is 4.79 Å². The number of hydrogen-bond acceptors (Lipinski definition) is 4. The van der Waals surface area contributed by atoms with Crippen LogP contribution < -0.4 is 10.6 Å². The van der Waals surface area contributed by atoms with Crippen LogP contribution in [0.1, 0.15) is 4.88 Å². The Morgan fingerprint density at radius 3 is 2.89 bits per heavy atom. The van der Waals surface area contributed by atoms with E-state index in [1.807, 2.05) is 29.2 Å². The molecule has 5 nitrogen and oxygen atoms in total. The van der Waals surface area contributed by atoms with E-state index in [-0.39, 0.29) is 6.03 Å². The number of anilines is 2. The molecule has 0 spiro atoms. The molecule has 3 rings (SSSR count). The van der Waals surface area contributed by atoms with Gasteiger partial charge in [0, 0.05) is 24.2 Å². The van der Waals surface area contributed by atoms with E-state index in [0.717, 1.165) is 10.6 Å². The molecule has 1 aliphatic rings. The van der Waals surface area contributed by atoms with E-state index in [2.05, 4.69) is 4.98 Å². The Hall–Kier alpha value is -2.08. The van der Waals surface area contributed by atoms with E-state index in [4.69, 9.17) is 5.73 Å². The molecule has 2 amide bonds. The third kappa shape index (κ3) is 2.26. The highest BCUT2D eigenvalue weighted by Crippen LogP contribution is 2.27. The molecule has 2 heterocycles. The van der Waals surface area contributed by atoms with Crippen LogP contribution in [0, 0.1) is 0 Å². The summed E-state index contributed by atoms with van der Waals surface area (Å²) in [6.07, 6.45) is 1.80. The van der Waals surface area contributed by atoms with E-state index in [1.54, 1.807) is 27.9 Å². The highest BCUT2D eigenvalue weighted by molar-refractivity contribution is 7.09. The summed E-state index contributed by atoms with van der Waals surface area (Å²) in [5, 5.41) is 0. The van der Waals surface area contributed by atoms with Crippen LogP contribution in [0.5, 0.6) is 0 Å². The number of rotatable bonds is 3. The molecule has 1 saturated heterocycles. The summed E-state index contributed by atoms with van der Waals surface area (Å²) >= 11 is 1.56. The Labute approximate surface area is 115 Å². The number of nitrogens with zero attached hydrogens (tertiary/aromatic N) is 3. The first-order valence-electron chi connectivity index (χ1n) is 6.04. The fourth-order valence-corrected chi connectivity index (χ4v) is 2.80. The first-order chi connectivity index (χ1) is 9.25. The molecule has 1 aromatic carbocycles. The lowest BCUT2D eigenvalue weighted by molar-refractivity contribution is 0.219. The molecule has 0 aliphatic carbocycles. The van der Waals surface area contributed by atoms with Crippen molar-refractivity contribution >= 4 is 28.7 Å². The molecule has 0 saturated carbocycles. The van der Waals surface area contributed by atoms with Gasteiger partial charge in [-0.3, -0.25) is 9.88 Å². The van der Waals surface area contributed by atoms with Crippen molar-refractivity contribution in [2.75, 3.05) is 23.7 Å². The van der Waals surface area contributed by atoms with Crippen LogP contribution in [0.4, 0.5) is 16.2 Å². The zero-order valence-corrected chi connectivity index (χ0v) is 11.1. The molecule has 1 aromatic heterocycles. The van der Waals surface area contributed by atoms with Gasteiger partial charge in [0.2, 0.25) is 0 Å². The quantitative estimate of drug-likeness (QED) is 0.872. The van der Waals surface area contributed by atoms with Crippen LogP contribution in [0.15, 0.2) is 36.0 Å². The van der Waals surface area contributed by atoms with E-state index in [1.165, 1.54) is 0 Å². The maximum Gasteiger partial charge on any atom is 0.325 e. The number of hydrogen-bond donors (Lipinski definition) is 1. The van der Waals surface area contributed by atoms with E-state index < -0.39 is 0 Å². The number of urea groups is 1. The van der Waals surface area contributed by atoms with Crippen molar-refractivity contribution in [3.8, 4) is 0 Å². The Balaban J connectivity index is 1.77. The van der Waals surface area contributed by atoms with Crippen LogP contribution in [-0.2, 0) is 6.54 Å². The second-order valence-electron chi connectivity index (χ2n) is 4.38. The summed E-state index contributed by atoms with van der Waals surface area (Å²) in [7, 11) is 0. The number of nitrogens with two attached hydrogens (primary N) is 1. The van der Waals surface area contributed by atoms with Crippen molar-refractivity contribution in [3.05, 3.63) is 40.8 Å². The van der Waals surface area contributed by atoms with Crippen LogP contribution >= 0.6 is 11.3 Å². The van der Waals surface area contributed by atoms with Gasteiger partial charge in [0.15, 0.2) is 0 Å². The van der Waals surface area contributed by atoms with Crippen LogP contribution in [0.25, 0.3) is 0 Å². The summed E-state index contributed by atoms with van der Waals surface area (Å²) in [4.78, 5) is 21.0. The van der Waals surface area contributed by atoms with Gasteiger partial charge in [-0.25, -0.2) is 4.79 Å². The van der Waals surface area contributed by atoms with Gasteiger partial charge in [0.25, 0.3) is 0 Å². The monoisotopic (exact) mass is 274 g/mol. The molecular weight excluding hydrogens is 260 g/mol. The minimum absolute atomic E-state index is 0.00583. The van der Waals surface area contributed by atoms with Gasteiger partial charge < -0.3 is 10.6 Å². The van der Waals surface area contributed by atoms with Crippen molar-refractivity contribution in [1.82, 2.24) is 9.88 Å². The molecule has 2 N–H and O–H groups in total. The minimum Gasteiger partial charge on any atom is -0.397 e. The van der Waals surface area contributed by atoms with Gasteiger partial charge in [-0.15, -0.1) is 11.3 Å². The predicted octanol–water partition coefficient (Wildman–Crippen LogP) is 2.17. The Morgan fingerprint density at radius 2 is 2.16 bits per heavy atom. The minimum atomic E-state index is 0.00583. The number of para-hydroxylation sites is 2. The lowest BCUT2D eigenvalue weighted by atomic mass is 10.2. The third-order valence-electron chi connectivity index (χ3n) is 3.15. The maximum absolute atomic E-state index is 12.4. The zero-order valence-electron chi connectivity index (χ0n) is 10.3. The fraction of sp³-hybridized carbons (Fsp3) is 0.231. The molecular formula is C13H14N4OS. The highest BCUT2D eigenvalue weighted by Gasteiger charge is 2.30. The number of aromatic nitrogens is 1. The highest BCUT2D eigenvalue weighted by atomic mass is 32.1. The average molecular weight is 274 g/mol. The number of benzene rings is 1. The molecule has 1 fully saturated rings. The average Bonchev–Trinajstić information content (AvgIpc) is 3.03. The summed E-state index contributed by atoms with van der Waals surface area (Å²) in [5.74, 6) is 0. The number of carbonyl (C=O) groups excluding carboxylic acids is 1. The smallest absolute Gasteiger partial charge is 0.325 e. The van der Waals surface area contributed by atoms with Gasteiger partial charge in [-0.05, 0) is 12.1 Å². The molecule has 1 aliphatic heterocycles. The molecule has 0 radical (unpaired) electrons.